The molecule has 2 heterocycles. The van der Waals surface area contributed by atoms with Crippen LogP contribution in [0.2, 0.25) is 0 Å². The van der Waals surface area contributed by atoms with Crippen LogP contribution in [0.5, 0.6) is 0 Å². The van der Waals surface area contributed by atoms with Gasteiger partial charge in [-0.15, -0.1) is 0 Å². The van der Waals surface area contributed by atoms with E-state index < -0.39 is 0 Å². The normalized spacial score (nSPS) is 13.3. The Morgan fingerprint density at radius 2 is 1.16 bits per heavy atom. The summed E-state index contributed by atoms with van der Waals surface area (Å²) in [6.45, 7) is 4.74. The van der Waals surface area contributed by atoms with Gasteiger partial charge in [0, 0.05) is 27.9 Å². The van der Waals surface area contributed by atoms with Gasteiger partial charge in [-0.2, -0.15) is 0 Å². The second kappa shape index (κ2) is 9.70. The van der Waals surface area contributed by atoms with Gasteiger partial charge in [-0.25, -0.2) is 4.98 Å². The van der Waals surface area contributed by atoms with Crippen LogP contribution in [0, 0.1) is 0 Å². The van der Waals surface area contributed by atoms with Crippen molar-refractivity contribution in [1.29, 1.82) is 0 Å². The quantitative estimate of drug-likeness (QED) is 0.196. The first kappa shape index (κ1) is 25.9. The molecular formula is C43H30N2. The van der Waals surface area contributed by atoms with Crippen molar-refractivity contribution in [1.82, 2.24) is 9.97 Å². The summed E-state index contributed by atoms with van der Waals surface area (Å²) in [7, 11) is 0. The number of benzene rings is 6. The molecule has 0 atom stereocenters. The summed E-state index contributed by atoms with van der Waals surface area (Å²) in [5, 5.41) is 4.82. The summed E-state index contributed by atoms with van der Waals surface area (Å²) in [5.74, 6) is 0. The second-order valence-electron chi connectivity index (χ2n) is 12.6. The maximum absolute atomic E-state index is 5.11. The molecule has 0 N–H and O–H groups in total. The fourth-order valence-electron chi connectivity index (χ4n) is 7.49. The van der Waals surface area contributed by atoms with Crippen LogP contribution < -0.4 is 0 Å². The van der Waals surface area contributed by atoms with E-state index in [1.165, 1.54) is 55.3 Å². The predicted molar refractivity (Wildman–Crippen MR) is 188 cm³/mol. The fraction of sp³-hybridized carbons (Fsp3) is 0.0698. The van der Waals surface area contributed by atoms with E-state index in [0.29, 0.717) is 0 Å². The van der Waals surface area contributed by atoms with Gasteiger partial charge in [0.05, 0.1) is 16.7 Å². The molecule has 8 aromatic rings. The summed E-state index contributed by atoms with van der Waals surface area (Å²) in [6.07, 6.45) is 1.84. The highest BCUT2D eigenvalue weighted by atomic mass is 14.7. The molecule has 45 heavy (non-hydrogen) atoms. The zero-order valence-corrected chi connectivity index (χ0v) is 25.3. The number of rotatable bonds is 3. The van der Waals surface area contributed by atoms with Crippen LogP contribution in [0.1, 0.15) is 25.0 Å². The van der Waals surface area contributed by atoms with Crippen molar-refractivity contribution in [3.05, 3.63) is 157 Å². The van der Waals surface area contributed by atoms with E-state index in [9.17, 15) is 0 Å². The predicted octanol–water partition coefficient (Wildman–Crippen LogP) is 11.2. The minimum Gasteiger partial charge on any atom is -0.254 e. The molecule has 1 aliphatic carbocycles. The van der Waals surface area contributed by atoms with Crippen LogP contribution in [-0.4, -0.2) is 9.97 Å². The van der Waals surface area contributed by atoms with Crippen molar-refractivity contribution < 1.29 is 0 Å². The van der Waals surface area contributed by atoms with E-state index in [2.05, 4.69) is 152 Å². The van der Waals surface area contributed by atoms with E-state index in [1.807, 2.05) is 12.3 Å². The number of fused-ring (bicyclic) bond motifs is 8. The lowest BCUT2D eigenvalue weighted by Crippen LogP contribution is -2.15. The topological polar surface area (TPSA) is 25.8 Å². The summed E-state index contributed by atoms with van der Waals surface area (Å²) in [5.41, 5.74) is 14.2. The van der Waals surface area contributed by atoms with E-state index in [1.54, 1.807) is 0 Å². The number of pyridine rings is 2. The van der Waals surface area contributed by atoms with Crippen molar-refractivity contribution in [3.8, 4) is 44.6 Å². The number of hydrogen-bond donors (Lipinski definition) is 0. The maximum atomic E-state index is 5.11. The van der Waals surface area contributed by atoms with Gasteiger partial charge in [-0.1, -0.05) is 123 Å². The SMILES string of the molecule is CC1(C)c2ccccc2-c2c(-c3cccc(-c4cccc(-c5ccc6ccc7cccnc7c6n5)c4)c3)cc3ccccc3c21. The molecule has 0 saturated carbocycles. The molecule has 212 valence electrons. The summed E-state index contributed by atoms with van der Waals surface area (Å²) in [4.78, 5) is 9.77. The highest BCUT2D eigenvalue weighted by Gasteiger charge is 2.38. The van der Waals surface area contributed by atoms with Crippen LogP contribution in [0.4, 0.5) is 0 Å². The van der Waals surface area contributed by atoms with E-state index >= 15 is 0 Å². The number of hydrogen-bond acceptors (Lipinski definition) is 2. The fourth-order valence-corrected chi connectivity index (χ4v) is 7.49. The van der Waals surface area contributed by atoms with Gasteiger partial charge in [-0.05, 0) is 85.6 Å². The molecule has 0 bridgehead atoms. The molecule has 0 unspecified atom stereocenters. The van der Waals surface area contributed by atoms with Gasteiger partial charge in [0.25, 0.3) is 0 Å². The molecule has 9 rings (SSSR count). The molecule has 0 amide bonds. The molecule has 2 aromatic heterocycles. The molecular weight excluding hydrogens is 544 g/mol. The van der Waals surface area contributed by atoms with Crippen molar-refractivity contribution >= 4 is 32.6 Å². The number of aromatic nitrogens is 2. The Labute approximate surface area is 262 Å². The molecule has 0 saturated heterocycles. The molecule has 1 aliphatic rings. The molecule has 6 aromatic carbocycles. The average molecular weight is 575 g/mol. The highest BCUT2D eigenvalue weighted by Crippen LogP contribution is 2.54. The summed E-state index contributed by atoms with van der Waals surface area (Å²) >= 11 is 0. The molecule has 0 aliphatic heterocycles. The first-order chi connectivity index (χ1) is 22.1. The largest absolute Gasteiger partial charge is 0.254 e. The van der Waals surface area contributed by atoms with Gasteiger partial charge in [0.15, 0.2) is 0 Å². The molecule has 0 spiro atoms. The molecule has 2 heteroatoms. The van der Waals surface area contributed by atoms with Crippen molar-refractivity contribution in [2.45, 2.75) is 19.3 Å². The zero-order chi connectivity index (χ0) is 30.1. The van der Waals surface area contributed by atoms with Crippen LogP contribution in [-0.2, 0) is 5.41 Å². The first-order valence-corrected chi connectivity index (χ1v) is 15.6. The van der Waals surface area contributed by atoms with Gasteiger partial charge < -0.3 is 0 Å². The Balaban J connectivity index is 1.19. The average Bonchev–Trinajstić information content (AvgIpc) is 3.34. The monoisotopic (exact) mass is 574 g/mol. The van der Waals surface area contributed by atoms with Gasteiger partial charge in [-0.3, -0.25) is 4.98 Å². The maximum Gasteiger partial charge on any atom is 0.0972 e. The Morgan fingerprint density at radius 3 is 2.02 bits per heavy atom. The molecule has 0 radical (unpaired) electrons. The van der Waals surface area contributed by atoms with Gasteiger partial charge in [0.2, 0.25) is 0 Å². The lowest BCUT2D eigenvalue weighted by atomic mass is 9.79. The van der Waals surface area contributed by atoms with E-state index in [4.69, 9.17) is 4.98 Å². The standard InChI is InChI=1S/C43H30N2/c1-43(2)37-18-6-5-17-35(37)39-36(26-32-10-3-4-16-34(32)40(39)43)31-13-7-11-29(24-31)30-12-8-14-33(25-30)38-22-21-28-20-19-27-15-9-23-44-41(27)42(28)45-38/h3-26H,1-2H3. The van der Waals surface area contributed by atoms with Crippen molar-refractivity contribution in [2.24, 2.45) is 0 Å². The van der Waals surface area contributed by atoms with Crippen molar-refractivity contribution in [3.63, 3.8) is 0 Å². The second-order valence-corrected chi connectivity index (χ2v) is 12.6. The lowest BCUT2D eigenvalue weighted by Gasteiger charge is -2.24. The van der Waals surface area contributed by atoms with Crippen LogP contribution in [0.25, 0.3) is 77.2 Å². The van der Waals surface area contributed by atoms with Crippen LogP contribution in [0.15, 0.2) is 146 Å². The van der Waals surface area contributed by atoms with Crippen LogP contribution >= 0.6 is 0 Å². The smallest absolute Gasteiger partial charge is 0.0972 e. The molecule has 0 fully saturated rings. The summed E-state index contributed by atoms with van der Waals surface area (Å²) < 4.78 is 0. The Morgan fingerprint density at radius 1 is 0.489 bits per heavy atom. The Hall–Kier alpha value is -5.60. The minimum atomic E-state index is -0.0822. The van der Waals surface area contributed by atoms with Gasteiger partial charge >= 0.3 is 0 Å². The van der Waals surface area contributed by atoms with E-state index in [-0.39, 0.29) is 5.41 Å². The Bertz CT molecular complexity index is 2470. The zero-order valence-electron chi connectivity index (χ0n) is 25.3. The lowest BCUT2D eigenvalue weighted by molar-refractivity contribution is 0.666. The first-order valence-electron chi connectivity index (χ1n) is 15.6. The van der Waals surface area contributed by atoms with Crippen LogP contribution in [0.3, 0.4) is 0 Å². The van der Waals surface area contributed by atoms with E-state index in [0.717, 1.165) is 33.1 Å². The van der Waals surface area contributed by atoms with Gasteiger partial charge in [0.1, 0.15) is 0 Å². The minimum absolute atomic E-state index is 0.0822. The van der Waals surface area contributed by atoms with Crippen molar-refractivity contribution in [2.75, 3.05) is 0 Å². The molecule has 2 nitrogen and oxygen atoms in total. The third kappa shape index (κ3) is 3.96. The Kier molecular flexibility index (Phi) is 5.58. The number of nitrogens with zero attached hydrogens (tertiary/aromatic N) is 2. The third-order valence-corrected chi connectivity index (χ3v) is 9.64. The summed E-state index contributed by atoms with van der Waals surface area (Å²) in [6, 6.07) is 50.5. The highest BCUT2D eigenvalue weighted by molar-refractivity contribution is 6.05. The third-order valence-electron chi connectivity index (χ3n) is 9.64.